The van der Waals surface area contributed by atoms with Crippen LogP contribution in [0.25, 0.3) is 0 Å². The fourth-order valence-electron chi connectivity index (χ4n) is 2.98. The summed E-state index contributed by atoms with van der Waals surface area (Å²) in [7, 11) is 0. The highest BCUT2D eigenvalue weighted by atomic mass is 15.3. The zero-order chi connectivity index (χ0) is 13.2. The van der Waals surface area contributed by atoms with Crippen LogP contribution in [0.4, 0.5) is 0 Å². The summed E-state index contributed by atoms with van der Waals surface area (Å²) in [5.74, 6) is 0. The second-order valence-electron chi connectivity index (χ2n) is 6.30. The van der Waals surface area contributed by atoms with Crippen LogP contribution in [0.15, 0.2) is 12.4 Å². The van der Waals surface area contributed by atoms with Gasteiger partial charge in [-0.15, -0.1) is 0 Å². The van der Waals surface area contributed by atoms with Gasteiger partial charge < -0.3 is 5.32 Å². The molecular formula is C15H27N3. The van der Waals surface area contributed by atoms with Crippen molar-refractivity contribution < 1.29 is 0 Å². The topological polar surface area (TPSA) is 29.9 Å². The summed E-state index contributed by atoms with van der Waals surface area (Å²) in [4.78, 5) is 0. The first kappa shape index (κ1) is 13.6. The first-order chi connectivity index (χ1) is 8.53. The van der Waals surface area contributed by atoms with Gasteiger partial charge in [0.2, 0.25) is 0 Å². The Hall–Kier alpha value is -0.830. The van der Waals surface area contributed by atoms with Crippen LogP contribution >= 0.6 is 0 Å². The van der Waals surface area contributed by atoms with Gasteiger partial charge in [0, 0.05) is 30.4 Å². The van der Waals surface area contributed by atoms with E-state index in [0.717, 1.165) is 6.54 Å². The summed E-state index contributed by atoms with van der Waals surface area (Å²) < 4.78 is 2.00. The Labute approximate surface area is 111 Å². The number of rotatable bonds is 4. The Bertz CT molecular complexity index is 381. The van der Waals surface area contributed by atoms with E-state index in [1.165, 1.54) is 31.2 Å². The van der Waals surface area contributed by atoms with Gasteiger partial charge in [-0.1, -0.05) is 26.7 Å². The molecule has 0 saturated heterocycles. The Morgan fingerprint density at radius 2 is 2.28 bits per heavy atom. The van der Waals surface area contributed by atoms with Gasteiger partial charge in [0.1, 0.15) is 0 Å². The van der Waals surface area contributed by atoms with Crippen LogP contribution in [0.2, 0.25) is 0 Å². The van der Waals surface area contributed by atoms with Gasteiger partial charge in [0.05, 0.1) is 6.20 Å². The van der Waals surface area contributed by atoms with Crippen molar-refractivity contribution >= 4 is 0 Å². The highest BCUT2D eigenvalue weighted by molar-refractivity contribution is 5.10. The van der Waals surface area contributed by atoms with E-state index in [2.05, 4.69) is 44.3 Å². The van der Waals surface area contributed by atoms with Crippen LogP contribution in [0, 0.1) is 5.41 Å². The van der Waals surface area contributed by atoms with Gasteiger partial charge in [-0.2, -0.15) is 5.10 Å². The molecule has 102 valence electrons. The van der Waals surface area contributed by atoms with Crippen molar-refractivity contribution in [2.75, 3.05) is 0 Å². The van der Waals surface area contributed by atoms with E-state index < -0.39 is 0 Å². The molecule has 1 N–H and O–H groups in total. The molecule has 3 nitrogen and oxygen atoms in total. The first-order valence-electron chi connectivity index (χ1n) is 7.31. The predicted octanol–water partition coefficient (Wildman–Crippen LogP) is 3.52. The van der Waals surface area contributed by atoms with E-state index in [-0.39, 0.29) is 0 Å². The summed E-state index contributed by atoms with van der Waals surface area (Å²) in [5.41, 5.74) is 1.73. The molecule has 18 heavy (non-hydrogen) atoms. The molecule has 3 heteroatoms. The van der Waals surface area contributed by atoms with Crippen molar-refractivity contribution in [3.63, 3.8) is 0 Å². The third-order valence-corrected chi connectivity index (χ3v) is 4.44. The lowest BCUT2D eigenvalue weighted by atomic mass is 9.73. The van der Waals surface area contributed by atoms with Crippen LogP contribution in [0.3, 0.4) is 0 Å². The average Bonchev–Trinajstić information content (AvgIpc) is 2.80. The largest absolute Gasteiger partial charge is 0.307 e. The Morgan fingerprint density at radius 3 is 2.89 bits per heavy atom. The number of hydrogen-bond donors (Lipinski definition) is 1. The molecule has 0 radical (unpaired) electrons. The molecule has 0 amide bonds. The number of hydrogen-bond acceptors (Lipinski definition) is 2. The zero-order valence-electron chi connectivity index (χ0n) is 12.2. The van der Waals surface area contributed by atoms with E-state index in [4.69, 9.17) is 0 Å². The average molecular weight is 249 g/mol. The standard InChI is InChI=1S/C15H27N3/c1-5-18-11-13(10-16-18)12(2)17-14-8-6-7-9-15(14,3)4/h10-12,14,17H,5-9H2,1-4H3. The molecular weight excluding hydrogens is 222 g/mol. The summed E-state index contributed by atoms with van der Waals surface area (Å²) in [6, 6.07) is 1.03. The van der Waals surface area contributed by atoms with Gasteiger partial charge in [-0.3, -0.25) is 4.68 Å². The maximum Gasteiger partial charge on any atom is 0.0537 e. The molecule has 1 aliphatic carbocycles. The lowest BCUT2D eigenvalue weighted by Crippen LogP contribution is -2.45. The van der Waals surface area contributed by atoms with Crippen LogP contribution in [0.5, 0.6) is 0 Å². The predicted molar refractivity (Wildman–Crippen MR) is 75.5 cm³/mol. The second kappa shape index (κ2) is 5.43. The van der Waals surface area contributed by atoms with Crippen LogP contribution in [0.1, 0.15) is 65.0 Å². The van der Waals surface area contributed by atoms with Crippen molar-refractivity contribution in [1.82, 2.24) is 15.1 Å². The summed E-state index contributed by atoms with van der Waals surface area (Å²) >= 11 is 0. The Kier molecular flexibility index (Phi) is 4.10. The summed E-state index contributed by atoms with van der Waals surface area (Å²) in [5, 5.41) is 8.17. The van der Waals surface area contributed by atoms with Crippen LogP contribution < -0.4 is 5.32 Å². The molecule has 1 aromatic heterocycles. The number of nitrogens with one attached hydrogen (secondary N) is 1. The highest BCUT2D eigenvalue weighted by Gasteiger charge is 2.32. The van der Waals surface area contributed by atoms with Gasteiger partial charge in [0.25, 0.3) is 0 Å². The maximum absolute atomic E-state index is 4.36. The monoisotopic (exact) mass is 249 g/mol. The molecule has 0 aliphatic heterocycles. The Balaban J connectivity index is 1.99. The van der Waals surface area contributed by atoms with Gasteiger partial charge in [-0.25, -0.2) is 0 Å². The molecule has 2 unspecified atom stereocenters. The maximum atomic E-state index is 4.36. The van der Waals surface area contributed by atoms with Gasteiger partial charge in [0.15, 0.2) is 0 Å². The normalized spacial score (nSPS) is 25.0. The smallest absolute Gasteiger partial charge is 0.0537 e. The highest BCUT2D eigenvalue weighted by Crippen LogP contribution is 2.36. The van der Waals surface area contributed by atoms with Crippen LogP contribution in [-0.4, -0.2) is 15.8 Å². The SMILES string of the molecule is CCn1cc(C(C)NC2CCCCC2(C)C)cn1. The van der Waals surface area contributed by atoms with Crippen molar-refractivity contribution in [2.45, 2.75) is 72.0 Å². The van der Waals surface area contributed by atoms with Crippen LogP contribution in [-0.2, 0) is 6.54 Å². The minimum absolute atomic E-state index is 0.396. The van der Waals surface area contributed by atoms with E-state index in [1.807, 2.05) is 10.9 Å². The fourth-order valence-corrected chi connectivity index (χ4v) is 2.98. The van der Waals surface area contributed by atoms with E-state index >= 15 is 0 Å². The molecule has 0 bridgehead atoms. The molecule has 1 heterocycles. The summed E-state index contributed by atoms with van der Waals surface area (Å²) in [6.07, 6.45) is 9.55. The van der Waals surface area contributed by atoms with Crippen molar-refractivity contribution in [2.24, 2.45) is 5.41 Å². The van der Waals surface area contributed by atoms with Crippen molar-refractivity contribution in [3.8, 4) is 0 Å². The fraction of sp³-hybridized carbons (Fsp3) is 0.800. The second-order valence-corrected chi connectivity index (χ2v) is 6.30. The van der Waals surface area contributed by atoms with E-state index in [0.29, 0.717) is 17.5 Å². The third-order valence-electron chi connectivity index (χ3n) is 4.44. The Morgan fingerprint density at radius 1 is 1.50 bits per heavy atom. The summed E-state index contributed by atoms with van der Waals surface area (Å²) in [6.45, 7) is 10.1. The number of nitrogens with zero attached hydrogens (tertiary/aromatic N) is 2. The molecule has 1 aliphatic rings. The third kappa shape index (κ3) is 2.94. The number of aryl methyl sites for hydroxylation is 1. The minimum Gasteiger partial charge on any atom is -0.307 e. The van der Waals surface area contributed by atoms with Gasteiger partial charge >= 0.3 is 0 Å². The lowest BCUT2D eigenvalue weighted by Gasteiger charge is -2.40. The molecule has 2 atom stereocenters. The molecule has 0 aromatic carbocycles. The molecule has 1 saturated carbocycles. The zero-order valence-corrected chi connectivity index (χ0v) is 12.2. The van der Waals surface area contributed by atoms with Gasteiger partial charge in [-0.05, 0) is 32.1 Å². The molecule has 2 rings (SSSR count). The van der Waals surface area contributed by atoms with E-state index in [9.17, 15) is 0 Å². The quantitative estimate of drug-likeness (QED) is 0.884. The molecule has 1 fully saturated rings. The molecule has 1 aromatic rings. The molecule has 0 spiro atoms. The van der Waals surface area contributed by atoms with Crippen molar-refractivity contribution in [1.29, 1.82) is 0 Å². The number of aromatic nitrogens is 2. The van der Waals surface area contributed by atoms with Crippen molar-refractivity contribution in [3.05, 3.63) is 18.0 Å². The van der Waals surface area contributed by atoms with E-state index in [1.54, 1.807) is 0 Å². The lowest BCUT2D eigenvalue weighted by molar-refractivity contribution is 0.157. The minimum atomic E-state index is 0.396. The first-order valence-corrected chi connectivity index (χ1v) is 7.31.